The molecule has 2 rings (SSSR count). The maximum absolute atomic E-state index is 13.8. The van der Waals surface area contributed by atoms with E-state index in [1.165, 1.54) is 26.5 Å². The summed E-state index contributed by atoms with van der Waals surface area (Å²) in [6.07, 6.45) is 1.47. The van der Waals surface area contributed by atoms with Crippen molar-refractivity contribution >= 4 is 17.5 Å². The Kier molecular flexibility index (Phi) is 7.71. The van der Waals surface area contributed by atoms with Crippen LogP contribution in [0, 0.1) is 0 Å². The molecule has 6 nitrogen and oxygen atoms in total. The van der Waals surface area contributed by atoms with Crippen LogP contribution in [0.1, 0.15) is 37.8 Å². The molecule has 1 aromatic carbocycles. The third kappa shape index (κ3) is 6.73. The smallest absolute Gasteiger partial charge is 0.345 e. The highest BCUT2D eigenvalue weighted by atomic mass is 19.1. The molecule has 2 N–H and O–H groups in total. The van der Waals surface area contributed by atoms with Crippen LogP contribution in [0.25, 0.3) is 5.57 Å². The lowest BCUT2D eigenvalue weighted by Crippen LogP contribution is -2.43. The van der Waals surface area contributed by atoms with Crippen LogP contribution in [0.3, 0.4) is 0 Å². The van der Waals surface area contributed by atoms with Crippen LogP contribution >= 0.6 is 0 Å². The van der Waals surface area contributed by atoms with Gasteiger partial charge in [0.1, 0.15) is 11.7 Å². The number of halogens is 1. The van der Waals surface area contributed by atoms with Crippen LogP contribution in [-0.4, -0.2) is 55.1 Å². The van der Waals surface area contributed by atoms with Crippen molar-refractivity contribution in [3.8, 4) is 0 Å². The number of ether oxygens (including phenoxy) is 2. The molecular weight excluding hydrogens is 365 g/mol. The Morgan fingerprint density at radius 2 is 2.00 bits per heavy atom. The van der Waals surface area contributed by atoms with Crippen molar-refractivity contribution in [2.75, 3.05) is 20.3 Å². The molecule has 0 amide bonds. The van der Waals surface area contributed by atoms with Gasteiger partial charge in [-0.2, -0.15) is 0 Å². The topological polar surface area (TPSA) is 84.9 Å². The number of hydrogen-bond donors (Lipinski definition) is 2. The summed E-state index contributed by atoms with van der Waals surface area (Å²) < 4.78 is 24.3. The van der Waals surface area contributed by atoms with Crippen LogP contribution in [0.15, 0.2) is 30.3 Å². The first-order valence-corrected chi connectivity index (χ1v) is 9.35. The zero-order chi connectivity index (χ0) is 20.7. The van der Waals surface area contributed by atoms with Crippen molar-refractivity contribution in [3.63, 3.8) is 0 Å². The first kappa shape index (κ1) is 22.0. The Morgan fingerprint density at radius 1 is 1.32 bits per heavy atom. The Bertz CT molecular complexity index is 709. The van der Waals surface area contributed by atoms with Gasteiger partial charge in [0.2, 0.25) is 6.10 Å². The second kappa shape index (κ2) is 9.80. The number of carbonyl (C=O) groups is 2. The number of nitrogens with one attached hydrogen (secondary N) is 1. The maximum atomic E-state index is 13.8. The van der Waals surface area contributed by atoms with Crippen molar-refractivity contribution in [2.24, 2.45) is 0 Å². The van der Waals surface area contributed by atoms with Crippen molar-refractivity contribution in [2.45, 2.75) is 50.9 Å². The Balaban J connectivity index is 2.03. The molecule has 0 bridgehead atoms. The van der Waals surface area contributed by atoms with Gasteiger partial charge in [-0.1, -0.05) is 30.3 Å². The Hall–Kier alpha value is -2.25. The highest BCUT2D eigenvalue weighted by Crippen LogP contribution is 2.22. The molecule has 0 spiro atoms. The number of carboxylic acids is 1. The molecule has 2 atom stereocenters. The van der Waals surface area contributed by atoms with Crippen molar-refractivity contribution in [1.82, 2.24) is 5.32 Å². The summed E-state index contributed by atoms with van der Waals surface area (Å²) in [5, 5.41) is 12.1. The molecule has 1 aliphatic rings. The molecule has 1 aromatic rings. The normalized spacial score (nSPS) is 16.8. The van der Waals surface area contributed by atoms with E-state index in [9.17, 15) is 19.1 Å². The van der Waals surface area contributed by atoms with Gasteiger partial charge in [-0.05, 0) is 44.0 Å². The first-order valence-electron chi connectivity index (χ1n) is 9.35. The van der Waals surface area contributed by atoms with Gasteiger partial charge in [-0.3, -0.25) is 4.79 Å². The summed E-state index contributed by atoms with van der Waals surface area (Å²) in [6.45, 7) is 3.99. The quantitative estimate of drug-likeness (QED) is 0.628. The fourth-order valence-corrected chi connectivity index (χ4v) is 3.05. The molecule has 1 aliphatic heterocycles. The van der Waals surface area contributed by atoms with Crippen LogP contribution in [-0.2, 0) is 25.5 Å². The van der Waals surface area contributed by atoms with Gasteiger partial charge < -0.3 is 19.9 Å². The summed E-state index contributed by atoms with van der Waals surface area (Å²) in [4.78, 5) is 23.8. The maximum Gasteiger partial charge on any atom is 0.345 e. The third-order valence-corrected chi connectivity index (χ3v) is 4.57. The highest BCUT2D eigenvalue weighted by Gasteiger charge is 2.31. The van der Waals surface area contributed by atoms with Crippen molar-refractivity contribution in [3.05, 3.63) is 41.5 Å². The number of carbonyl (C=O) groups excluding carboxylic acids is 1. The predicted molar refractivity (Wildman–Crippen MR) is 104 cm³/mol. The molecule has 0 aliphatic carbocycles. The van der Waals surface area contributed by atoms with Crippen LogP contribution in [0.2, 0.25) is 0 Å². The number of carboxylic acid groups (broad SMARTS) is 1. The van der Waals surface area contributed by atoms with E-state index in [-0.39, 0.29) is 12.8 Å². The second-order valence-corrected chi connectivity index (χ2v) is 7.48. The minimum atomic E-state index is -1.58. The largest absolute Gasteiger partial charge is 0.478 e. The van der Waals surface area contributed by atoms with E-state index in [1.54, 1.807) is 0 Å². The molecule has 0 radical (unpaired) electrons. The standard InChI is InChI=1S/C21H28FNO5/c1-21(2,22)13-17(23-3)20(26)28-18(19(24)25)12-14-4-6-15(7-5-14)16-8-10-27-11-9-16/h4-8,17-18,23H,9-13H2,1-3H3,(H,24,25)/t17-,18+/m0/s1. The molecule has 0 unspecified atom stereocenters. The molecule has 1 heterocycles. The minimum Gasteiger partial charge on any atom is -0.478 e. The molecule has 0 saturated heterocycles. The number of benzene rings is 1. The SMILES string of the molecule is CN[C@@H](CC(C)(C)F)C(=O)O[C@H](Cc1ccc(C2=CCOCC2)cc1)C(=O)O. The van der Waals surface area contributed by atoms with E-state index in [2.05, 4.69) is 5.32 Å². The van der Waals surface area contributed by atoms with E-state index >= 15 is 0 Å². The number of alkyl halides is 1. The Labute approximate surface area is 164 Å². The van der Waals surface area contributed by atoms with E-state index in [0.717, 1.165) is 17.5 Å². The summed E-state index contributed by atoms with van der Waals surface area (Å²) in [5.41, 5.74) is 1.42. The molecule has 154 valence electrons. The number of rotatable bonds is 9. The van der Waals surface area contributed by atoms with Crippen LogP contribution < -0.4 is 5.32 Å². The zero-order valence-electron chi connectivity index (χ0n) is 16.5. The van der Waals surface area contributed by atoms with Gasteiger partial charge in [0.15, 0.2) is 0 Å². The minimum absolute atomic E-state index is 0.0406. The van der Waals surface area contributed by atoms with E-state index in [0.29, 0.717) is 13.2 Å². The first-order chi connectivity index (χ1) is 13.2. The highest BCUT2D eigenvalue weighted by molar-refractivity contribution is 5.81. The summed E-state index contributed by atoms with van der Waals surface area (Å²) >= 11 is 0. The van der Waals surface area contributed by atoms with E-state index in [4.69, 9.17) is 9.47 Å². The van der Waals surface area contributed by atoms with E-state index in [1.807, 2.05) is 30.3 Å². The van der Waals surface area contributed by atoms with Gasteiger partial charge in [0.25, 0.3) is 0 Å². The summed E-state index contributed by atoms with van der Waals surface area (Å²) in [7, 11) is 1.51. The lowest BCUT2D eigenvalue weighted by molar-refractivity contribution is -0.165. The lowest BCUT2D eigenvalue weighted by atomic mass is 9.98. The molecule has 7 heteroatoms. The van der Waals surface area contributed by atoms with Gasteiger partial charge >= 0.3 is 11.9 Å². The van der Waals surface area contributed by atoms with Gasteiger partial charge in [0, 0.05) is 12.8 Å². The summed E-state index contributed by atoms with van der Waals surface area (Å²) in [5.74, 6) is -2.01. The molecule has 0 aromatic heterocycles. The Morgan fingerprint density at radius 3 is 2.50 bits per heavy atom. The fourth-order valence-electron chi connectivity index (χ4n) is 3.05. The number of esters is 1. The summed E-state index contributed by atoms with van der Waals surface area (Å²) in [6, 6.07) is 6.60. The second-order valence-electron chi connectivity index (χ2n) is 7.48. The van der Waals surface area contributed by atoms with E-state index < -0.39 is 29.8 Å². The molecular formula is C21H28FNO5. The predicted octanol–water partition coefficient (Wildman–Crippen LogP) is 2.76. The molecule has 0 saturated carbocycles. The third-order valence-electron chi connectivity index (χ3n) is 4.57. The number of aliphatic carboxylic acids is 1. The molecule has 28 heavy (non-hydrogen) atoms. The van der Waals surface area contributed by atoms with Crippen LogP contribution in [0.5, 0.6) is 0 Å². The zero-order valence-corrected chi connectivity index (χ0v) is 16.5. The number of likely N-dealkylation sites (N-methyl/N-ethyl adjacent to an activating group) is 1. The van der Waals surface area contributed by atoms with Gasteiger partial charge in [0.05, 0.1) is 13.2 Å². The average molecular weight is 393 g/mol. The van der Waals surface area contributed by atoms with Gasteiger partial charge in [-0.25, -0.2) is 9.18 Å². The average Bonchev–Trinajstić information content (AvgIpc) is 2.66. The van der Waals surface area contributed by atoms with Crippen molar-refractivity contribution in [1.29, 1.82) is 0 Å². The van der Waals surface area contributed by atoms with Gasteiger partial charge in [-0.15, -0.1) is 0 Å². The molecule has 0 fully saturated rings. The number of hydrogen-bond acceptors (Lipinski definition) is 5. The monoisotopic (exact) mass is 393 g/mol. The fraction of sp³-hybridized carbons (Fsp3) is 0.524. The lowest BCUT2D eigenvalue weighted by Gasteiger charge is -2.23. The van der Waals surface area contributed by atoms with Crippen LogP contribution in [0.4, 0.5) is 4.39 Å². The van der Waals surface area contributed by atoms with Crippen molar-refractivity contribution < 1.29 is 28.6 Å².